The van der Waals surface area contributed by atoms with E-state index in [4.69, 9.17) is 4.74 Å². The fourth-order valence-electron chi connectivity index (χ4n) is 1.69. The smallest absolute Gasteiger partial charge is 0.319 e. The molecule has 1 heterocycles. The highest BCUT2D eigenvalue weighted by Crippen LogP contribution is 2.17. The van der Waals surface area contributed by atoms with Gasteiger partial charge in [-0.05, 0) is 30.7 Å². The summed E-state index contributed by atoms with van der Waals surface area (Å²) in [5, 5.41) is 5.53. The summed E-state index contributed by atoms with van der Waals surface area (Å²) < 4.78 is 5.38. The van der Waals surface area contributed by atoms with Crippen molar-refractivity contribution in [1.82, 2.24) is 10.3 Å². The van der Waals surface area contributed by atoms with Gasteiger partial charge in [-0.3, -0.25) is 4.98 Å². The summed E-state index contributed by atoms with van der Waals surface area (Å²) in [5.74, 6) is 0.734. The summed E-state index contributed by atoms with van der Waals surface area (Å²) in [5.41, 5.74) is 1.64. The fourth-order valence-corrected chi connectivity index (χ4v) is 1.69. The Labute approximate surface area is 118 Å². The number of aromatic nitrogens is 1. The molecule has 0 saturated heterocycles. The first kappa shape index (κ1) is 13.9. The number of hydrogen-bond acceptors (Lipinski definition) is 3. The summed E-state index contributed by atoms with van der Waals surface area (Å²) in [7, 11) is 0. The van der Waals surface area contributed by atoms with E-state index >= 15 is 0 Å². The number of amides is 2. The lowest BCUT2D eigenvalue weighted by molar-refractivity contribution is 0.251. The van der Waals surface area contributed by atoms with Crippen molar-refractivity contribution >= 4 is 11.7 Å². The van der Waals surface area contributed by atoms with Crippen LogP contribution in [0.2, 0.25) is 0 Å². The van der Waals surface area contributed by atoms with Gasteiger partial charge in [0, 0.05) is 30.7 Å². The third-order valence-corrected chi connectivity index (χ3v) is 2.58. The number of carbonyl (C=O) groups is 1. The van der Waals surface area contributed by atoms with Crippen LogP contribution in [-0.4, -0.2) is 17.6 Å². The number of pyridine rings is 1. The van der Waals surface area contributed by atoms with Crippen LogP contribution in [0.25, 0.3) is 0 Å². The lowest BCUT2D eigenvalue weighted by Crippen LogP contribution is -2.28. The van der Waals surface area contributed by atoms with E-state index in [1.807, 2.05) is 37.3 Å². The minimum absolute atomic E-state index is 0.262. The average Bonchev–Trinajstić information content (AvgIpc) is 2.47. The molecule has 0 atom stereocenters. The molecule has 0 spiro atoms. The average molecular weight is 271 g/mol. The first-order chi connectivity index (χ1) is 9.78. The molecule has 5 heteroatoms. The molecule has 0 bridgehead atoms. The lowest BCUT2D eigenvalue weighted by atomic mass is 10.3. The predicted molar refractivity (Wildman–Crippen MR) is 77.7 cm³/mol. The summed E-state index contributed by atoms with van der Waals surface area (Å²) in [6, 6.07) is 10.8. The third-order valence-electron chi connectivity index (χ3n) is 2.58. The van der Waals surface area contributed by atoms with Gasteiger partial charge in [0.05, 0.1) is 6.61 Å². The largest absolute Gasteiger partial charge is 0.494 e. The van der Waals surface area contributed by atoms with Crippen molar-refractivity contribution in [3.63, 3.8) is 0 Å². The Morgan fingerprint density at radius 3 is 2.95 bits per heavy atom. The van der Waals surface area contributed by atoms with Crippen LogP contribution in [0.4, 0.5) is 10.5 Å². The topological polar surface area (TPSA) is 63.2 Å². The van der Waals surface area contributed by atoms with Crippen molar-refractivity contribution in [3.05, 3.63) is 54.4 Å². The van der Waals surface area contributed by atoms with E-state index < -0.39 is 0 Å². The Hall–Kier alpha value is -2.56. The van der Waals surface area contributed by atoms with Crippen LogP contribution >= 0.6 is 0 Å². The monoisotopic (exact) mass is 271 g/mol. The van der Waals surface area contributed by atoms with Crippen molar-refractivity contribution in [2.75, 3.05) is 11.9 Å². The van der Waals surface area contributed by atoms with E-state index in [0.717, 1.165) is 11.3 Å². The second kappa shape index (κ2) is 7.13. The number of anilines is 1. The highest BCUT2D eigenvalue weighted by Gasteiger charge is 2.02. The molecule has 2 amide bonds. The highest BCUT2D eigenvalue weighted by atomic mass is 16.5. The van der Waals surface area contributed by atoms with Gasteiger partial charge in [0.1, 0.15) is 5.75 Å². The lowest BCUT2D eigenvalue weighted by Gasteiger charge is -2.09. The van der Waals surface area contributed by atoms with Crippen LogP contribution in [0.1, 0.15) is 12.5 Å². The number of nitrogens with one attached hydrogen (secondary N) is 2. The molecule has 5 nitrogen and oxygen atoms in total. The second-order valence-corrected chi connectivity index (χ2v) is 4.13. The molecule has 0 saturated carbocycles. The predicted octanol–water partition coefficient (Wildman–Crippen LogP) is 2.80. The van der Waals surface area contributed by atoms with Crippen LogP contribution in [0.3, 0.4) is 0 Å². The minimum atomic E-state index is -0.262. The summed E-state index contributed by atoms with van der Waals surface area (Å²) in [6.07, 6.45) is 3.42. The maximum absolute atomic E-state index is 11.8. The molecule has 104 valence electrons. The molecule has 0 aliphatic heterocycles. The van der Waals surface area contributed by atoms with Gasteiger partial charge in [0.25, 0.3) is 0 Å². The van der Waals surface area contributed by atoms with Crippen molar-refractivity contribution in [3.8, 4) is 5.75 Å². The normalized spacial score (nSPS) is 9.85. The number of urea groups is 1. The Balaban J connectivity index is 1.86. The van der Waals surface area contributed by atoms with E-state index in [2.05, 4.69) is 15.6 Å². The first-order valence-corrected chi connectivity index (χ1v) is 6.44. The van der Waals surface area contributed by atoms with Gasteiger partial charge in [-0.15, -0.1) is 0 Å². The van der Waals surface area contributed by atoms with Gasteiger partial charge >= 0.3 is 6.03 Å². The number of rotatable bonds is 5. The molecule has 0 fully saturated rings. The summed E-state index contributed by atoms with van der Waals surface area (Å²) in [4.78, 5) is 15.8. The van der Waals surface area contributed by atoms with E-state index in [1.54, 1.807) is 18.5 Å². The maximum Gasteiger partial charge on any atom is 0.319 e. The molecule has 2 aromatic rings. The Bertz CT molecular complexity index is 558. The van der Waals surface area contributed by atoms with Crippen molar-refractivity contribution in [2.24, 2.45) is 0 Å². The molecule has 2 N–H and O–H groups in total. The maximum atomic E-state index is 11.8. The zero-order valence-electron chi connectivity index (χ0n) is 11.3. The standard InChI is InChI=1S/C15H17N3O2/c1-2-20-14-7-3-6-13(9-14)18-15(19)17-11-12-5-4-8-16-10-12/h3-10H,2,11H2,1H3,(H2,17,18,19). The highest BCUT2D eigenvalue weighted by molar-refractivity contribution is 5.89. The van der Waals surface area contributed by atoms with Gasteiger partial charge in [0.2, 0.25) is 0 Å². The van der Waals surface area contributed by atoms with E-state index in [0.29, 0.717) is 18.8 Å². The zero-order chi connectivity index (χ0) is 14.2. The van der Waals surface area contributed by atoms with Gasteiger partial charge in [-0.2, -0.15) is 0 Å². The van der Waals surface area contributed by atoms with E-state index in [-0.39, 0.29) is 6.03 Å². The Morgan fingerprint density at radius 2 is 2.20 bits per heavy atom. The third kappa shape index (κ3) is 4.28. The number of nitrogens with zero attached hydrogens (tertiary/aromatic N) is 1. The number of ether oxygens (including phenoxy) is 1. The molecule has 1 aromatic carbocycles. The van der Waals surface area contributed by atoms with Gasteiger partial charge in [-0.25, -0.2) is 4.79 Å². The van der Waals surface area contributed by atoms with E-state index in [1.165, 1.54) is 0 Å². The van der Waals surface area contributed by atoms with Crippen molar-refractivity contribution in [2.45, 2.75) is 13.5 Å². The molecular formula is C15H17N3O2. The molecule has 0 radical (unpaired) electrons. The number of benzene rings is 1. The molecule has 1 aromatic heterocycles. The summed E-state index contributed by atoms with van der Waals surface area (Å²) >= 11 is 0. The molecule has 0 aliphatic carbocycles. The Kier molecular flexibility index (Phi) is 4.94. The second-order valence-electron chi connectivity index (χ2n) is 4.13. The number of hydrogen-bond donors (Lipinski definition) is 2. The van der Waals surface area contributed by atoms with Crippen LogP contribution < -0.4 is 15.4 Å². The molecule has 0 aliphatic rings. The van der Waals surface area contributed by atoms with Crippen LogP contribution in [0.5, 0.6) is 5.75 Å². The van der Waals surface area contributed by atoms with Gasteiger partial charge in [-0.1, -0.05) is 12.1 Å². The van der Waals surface area contributed by atoms with E-state index in [9.17, 15) is 4.79 Å². The Morgan fingerprint density at radius 1 is 1.30 bits per heavy atom. The first-order valence-electron chi connectivity index (χ1n) is 6.44. The van der Waals surface area contributed by atoms with Crippen LogP contribution in [0.15, 0.2) is 48.8 Å². The molecule has 2 rings (SSSR count). The number of carbonyl (C=O) groups excluding carboxylic acids is 1. The zero-order valence-corrected chi connectivity index (χ0v) is 11.3. The van der Waals surface area contributed by atoms with Crippen molar-refractivity contribution < 1.29 is 9.53 Å². The molecule has 20 heavy (non-hydrogen) atoms. The van der Waals surface area contributed by atoms with Gasteiger partial charge < -0.3 is 15.4 Å². The minimum Gasteiger partial charge on any atom is -0.494 e. The van der Waals surface area contributed by atoms with Crippen LogP contribution in [-0.2, 0) is 6.54 Å². The molecular weight excluding hydrogens is 254 g/mol. The SMILES string of the molecule is CCOc1cccc(NC(=O)NCc2cccnc2)c1. The van der Waals surface area contributed by atoms with Crippen molar-refractivity contribution in [1.29, 1.82) is 0 Å². The molecule has 0 unspecified atom stereocenters. The van der Waals surface area contributed by atoms with Gasteiger partial charge in [0.15, 0.2) is 0 Å². The quantitative estimate of drug-likeness (QED) is 0.879. The summed E-state index contributed by atoms with van der Waals surface area (Å²) in [6.45, 7) is 2.95. The fraction of sp³-hybridized carbons (Fsp3) is 0.200. The van der Waals surface area contributed by atoms with Crippen LogP contribution in [0, 0.1) is 0 Å².